The first-order chi connectivity index (χ1) is 36.8. The highest BCUT2D eigenvalue weighted by atomic mass is 16.5. The molecule has 0 aliphatic rings. The third-order valence-corrected chi connectivity index (χ3v) is 17.2. The molecule has 0 aliphatic carbocycles. The Morgan fingerprint density at radius 3 is 0.446 bits per heavy atom. The van der Waals surface area contributed by atoms with Crippen molar-refractivity contribution in [2.24, 2.45) is 0 Å². The standard InChI is InChI=1S/C72H144O2/c1-3-5-7-9-11-13-15-17-19-21-23-25-27-29-31-33-35-37-38-39-40-42-44-46-48-50-52-54-56-58-60-62-64-66-68-70-72(73)74-71-69-67-65-63-61-59-57-55-53-51-49-47-45-43-41-36-34-32-30-28-26-24-22-20-18-16-14-12-10-8-6-4-2/h3-71H2,1-2H3. The van der Waals surface area contributed by atoms with E-state index in [0.717, 1.165) is 12.8 Å². The molecule has 0 aromatic heterocycles. The van der Waals surface area contributed by atoms with E-state index in [4.69, 9.17) is 4.74 Å². The van der Waals surface area contributed by atoms with Crippen LogP contribution in [0.15, 0.2) is 0 Å². The molecular formula is C72H144O2. The molecule has 0 atom stereocenters. The second-order valence-electron chi connectivity index (χ2n) is 25.0. The van der Waals surface area contributed by atoms with E-state index in [1.165, 1.54) is 417 Å². The van der Waals surface area contributed by atoms with E-state index in [1.54, 1.807) is 0 Å². The van der Waals surface area contributed by atoms with Crippen molar-refractivity contribution in [3.63, 3.8) is 0 Å². The van der Waals surface area contributed by atoms with Crippen molar-refractivity contribution >= 4 is 5.97 Å². The molecule has 0 rings (SSSR count). The van der Waals surface area contributed by atoms with Gasteiger partial charge in [0.05, 0.1) is 6.61 Å². The Labute approximate surface area is 470 Å². The van der Waals surface area contributed by atoms with E-state index in [1.807, 2.05) is 0 Å². The fourth-order valence-corrected chi connectivity index (χ4v) is 11.9. The van der Waals surface area contributed by atoms with E-state index in [2.05, 4.69) is 13.8 Å². The van der Waals surface area contributed by atoms with Crippen molar-refractivity contribution in [3.8, 4) is 0 Å². The Kier molecular flexibility index (Phi) is 70.0. The summed E-state index contributed by atoms with van der Waals surface area (Å²) >= 11 is 0. The van der Waals surface area contributed by atoms with Crippen molar-refractivity contribution in [1.82, 2.24) is 0 Å². The molecular weight excluding hydrogens is 897 g/mol. The van der Waals surface area contributed by atoms with Crippen LogP contribution in [0.3, 0.4) is 0 Å². The first-order valence-electron chi connectivity index (χ1n) is 36.0. The number of hydrogen-bond donors (Lipinski definition) is 0. The van der Waals surface area contributed by atoms with Gasteiger partial charge in [0.15, 0.2) is 0 Å². The quantitative estimate of drug-likeness (QED) is 0.0448. The highest BCUT2D eigenvalue weighted by Crippen LogP contribution is 2.20. The predicted molar refractivity (Wildman–Crippen MR) is 336 cm³/mol. The average Bonchev–Trinajstić information content (AvgIpc) is 3.41. The van der Waals surface area contributed by atoms with Crippen LogP contribution in [0.5, 0.6) is 0 Å². The Morgan fingerprint density at radius 1 is 0.176 bits per heavy atom. The fraction of sp³-hybridized carbons (Fsp3) is 0.986. The average molecular weight is 1040 g/mol. The van der Waals surface area contributed by atoms with Gasteiger partial charge in [-0.05, 0) is 12.8 Å². The van der Waals surface area contributed by atoms with E-state index >= 15 is 0 Å². The molecule has 0 saturated heterocycles. The van der Waals surface area contributed by atoms with Gasteiger partial charge in [0, 0.05) is 6.42 Å². The van der Waals surface area contributed by atoms with Crippen LogP contribution < -0.4 is 0 Å². The summed E-state index contributed by atoms with van der Waals surface area (Å²) in [4.78, 5) is 12.2. The topological polar surface area (TPSA) is 26.3 Å². The zero-order chi connectivity index (χ0) is 53.1. The van der Waals surface area contributed by atoms with Crippen LogP contribution in [0.2, 0.25) is 0 Å². The molecule has 74 heavy (non-hydrogen) atoms. The molecule has 0 N–H and O–H groups in total. The third-order valence-electron chi connectivity index (χ3n) is 17.2. The monoisotopic (exact) mass is 1040 g/mol. The highest BCUT2D eigenvalue weighted by molar-refractivity contribution is 5.69. The Morgan fingerprint density at radius 2 is 0.297 bits per heavy atom. The van der Waals surface area contributed by atoms with Gasteiger partial charge < -0.3 is 4.74 Å². The molecule has 0 fully saturated rings. The number of hydrogen-bond acceptors (Lipinski definition) is 2. The van der Waals surface area contributed by atoms with Crippen LogP contribution in [0, 0.1) is 0 Å². The van der Waals surface area contributed by atoms with Crippen molar-refractivity contribution in [1.29, 1.82) is 0 Å². The summed E-state index contributed by atoms with van der Waals surface area (Å²) in [6.07, 6.45) is 96.7. The Balaban J connectivity index is 3.14. The van der Waals surface area contributed by atoms with Crippen LogP contribution in [-0.2, 0) is 9.53 Å². The number of carbonyl (C=O) groups excluding carboxylic acids is 1. The summed E-state index contributed by atoms with van der Waals surface area (Å²) < 4.78 is 5.54. The largest absolute Gasteiger partial charge is 0.466 e. The van der Waals surface area contributed by atoms with Crippen LogP contribution in [0.25, 0.3) is 0 Å². The predicted octanol–water partition coefficient (Wildman–Crippen LogP) is 27.1. The maximum atomic E-state index is 12.2. The summed E-state index contributed by atoms with van der Waals surface area (Å²) in [6.45, 7) is 5.26. The summed E-state index contributed by atoms with van der Waals surface area (Å²) in [5, 5.41) is 0. The number of rotatable bonds is 69. The van der Waals surface area contributed by atoms with Gasteiger partial charge in [-0.3, -0.25) is 4.79 Å². The lowest BCUT2D eigenvalue weighted by Crippen LogP contribution is -2.05. The van der Waals surface area contributed by atoms with E-state index in [-0.39, 0.29) is 5.97 Å². The molecule has 2 nitrogen and oxygen atoms in total. The molecule has 0 spiro atoms. The minimum Gasteiger partial charge on any atom is -0.466 e. The van der Waals surface area contributed by atoms with Gasteiger partial charge in [0.25, 0.3) is 0 Å². The Hall–Kier alpha value is -0.530. The van der Waals surface area contributed by atoms with Crippen molar-refractivity contribution in [2.45, 2.75) is 450 Å². The van der Waals surface area contributed by atoms with Crippen LogP contribution in [-0.4, -0.2) is 12.6 Å². The lowest BCUT2D eigenvalue weighted by molar-refractivity contribution is -0.143. The third kappa shape index (κ3) is 69.5. The molecule has 0 aromatic rings. The molecule has 0 heterocycles. The van der Waals surface area contributed by atoms with Crippen LogP contribution in [0.1, 0.15) is 450 Å². The molecule has 0 bridgehead atoms. The van der Waals surface area contributed by atoms with Crippen LogP contribution in [0.4, 0.5) is 0 Å². The van der Waals surface area contributed by atoms with Gasteiger partial charge >= 0.3 is 5.97 Å². The summed E-state index contributed by atoms with van der Waals surface area (Å²) in [5.41, 5.74) is 0. The number of unbranched alkanes of at least 4 members (excludes halogenated alkanes) is 65. The zero-order valence-electron chi connectivity index (χ0n) is 52.1. The summed E-state index contributed by atoms with van der Waals surface area (Å²) in [6, 6.07) is 0. The molecule has 0 amide bonds. The second-order valence-corrected chi connectivity index (χ2v) is 25.0. The van der Waals surface area contributed by atoms with E-state index in [0.29, 0.717) is 13.0 Å². The molecule has 0 radical (unpaired) electrons. The highest BCUT2D eigenvalue weighted by Gasteiger charge is 2.04. The molecule has 0 aliphatic heterocycles. The van der Waals surface area contributed by atoms with Crippen molar-refractivity contribution < 1.29 is 9.53 Å². The maximum absolute atomic E-state index is 12.2. The van der Waals surface area contributed by atoms with E-state index < -0.39 is 0 Å². The van der Waals surface area contributed by atoms with Gasteiger partial charge in [-0.15, -0.1) is 0 Å². The van der Waals surface area contributed by atoms with Gasteiger partial charge in [-0.1, -0.05) is 431 Å². The summed E-state index contributed by atoms with van der Waals surface area (Å²) in [5.74, 6) is 0.0387. The van der Waals surface area contributed by atoms with Gasteiger partial charge in [0.2, 0.25) is 0 Å². The van der Waals surface area contributed by atoms with Gasteiger partial charge in [0.1, 0.15) is 0 Å². The van der Waals surface area contributed by atoms with Gasteiger partial charge in [-0.25, -0.2) is 0 Å². The summed E-state index contributed by atoms with van der Waals surface area (Å²) in [7, 11) is 0. The molecule has 444 valence electrons. The molecule has 0 aromatic carbocycles. The molecule has 0 saturated carbocycles. The van der Waals surface area contributed by atoms with Crippen LogP contribution >= 0.6 is 0 Å². The Bertz CT molecular complexity index is 959. The maximum Gasteiger partial charge on any atom is 0.305 e. The first kappa shape index (κ1) is 73.5. The zero-order valence-corrected chi connectivity index (χ0v) is 52.1. The normalized spacial score (nSPS) is 11.6. The lowest BCUT2D eigenvalue weighted by Gasteiger charge is -2.06. The molecule has 2 heteroatoms. The fourth-order valence-electron chi connectivity index (χ4n) is 11.9. The second kappa shape index (κ2) is 70.5. The van der Waals surface area contributed by atoms with Crippen molar-refractivity contribution in [2.75, 3.05) is 6.61 Å². The van der Waals surface area contributed by atoms with Crippen molar-refractivity contribution in [3.05, 3.63) is 0 Å². The van der Waals surface area contributed by atoms with Gasteiger partial charge in [-0.2, -0.15) is 0 Å². The minimum absolute atomic E-state index is 0.0387. The molecule has 0 unspecified atom stereocenters. The minimum atomic E-state index is 0.0387. The SMILES string of the molecule is CCCCCCCCCCCCCCCCCCCCCCCCCCCCCCCCCCCCCC(=O)OCCCCCCCCCCCCCCCCCCCCCCCCCCCCCCCCCC. The number of carbonyl (C=O) groups is 1. The lowest BCUT2D eigenvalue weighted by atomic mass is 10.0. The van der Waals surface area contributed by atoms with E-state index in [9.17, 15) is 4.79 Å². The first-order valence-corrected chi connectivity index (χ1v) is 36.0. The number of ether oxygens (including phenoxy) is 1. The smallest absolute Gasteiger partial charge is 0.305 e. The number of esters is 1.